The van der Waals surface area contributed by atoms with E-state index in [0.29, 0.717) is 17.2 Å². The van der Waals surface area contributed by atoms with E-state index in [0.717, 1.165) is 28.1 Å². The van der Waals surface area contributed by atoms with Gasteiger partial charge in [0, 0.05) is 0 Å². The lowest BCUT2D eigenvalue weighted by atomic mass is 10.1. The Hall–Kier alpha value is -4.66. The molecular formula is C24H20N8O. The van der Waals surface area contributed by atoms with Crippen LogP contribution in [0.25, 0.3) is 23.0 Å². The lowest BCUT2D eigenvalue weighted by Crippen LogP contribution is -2.09. The highest BCUT2D eigenvalue weighted by atomic mass is 16.3. The molecular weight excluding hydrogens is 416 g/mol. The Bertz CT molecular complexity index is 1330. The van der Waals surface area contributed by atoms with Gasteiger partial charge < -0.3 is 5.11 Å². The van der Waals surface area contributed by atoms with Crippen molar-refractivity contribution in [3.05, 3.63) is 101 Å². The van der Waals surface area contributed by atoms with Crippen molar-refractivity contribution in [3.63, 3.8) is 0 Å². The van der Waals surface area contributed by atoms with E-state index in [-0.39, 0.29) is 5.75 Å². The van der Waals surface area contributed by atoms with Crippen LogP contribution in [-0.4, -0.2) is 45.5 Å². The van der Waals surface area contributed by atoms with Crippen LogP contribution in [0, 0.1) is 13.8 Å². The first kappa shape index (κ1) is 20.3. The number of hydrogen-bond acceptors (Lipinski definition) is 7. The molecule has 9 nitrogen and oxygen atoms in total. The molecule has 0 fully saturated rings. The highest BCUT2D eigenvalue weighted by Gasteiger charge is 2.22. The summed E-state index contributed by atoms with van der Waals surface area (Å²) in [6, 6.07) is 22.7. The first-order valence-corrected chi connectivity index (χ1v) is 10.3. The van der Waals surface area contributed by atoms with Crippen molar-refractivity contribution in [2.45, 2.75) is 13.8 Å². The van der Waals surface area contributed by atoms with Crippen LogP contribution in [0.2, 0.25) is 0 Å². The number of nitrogens with zero attached hydrogens (tertiary/aromatic N) is 8. The molecule has 0 spiro atoms. The zero-order chi connectivity index (χ0) is 22.8. The third-order valence-corrected chi connectivity index (χ3v) is 5.18. The molecule has 0 aliphatic rings. The van der Waals surface area contributed by atoms with Crippen LogP contribution in [0.15, 0.2) is 72.8 Å². The molecule has 0 aliphatic heterocycles. The third-order valence-electron chi connectivity index (χ3n) is 5.18. The fraction of sp³-hybridized carbons (Fsp3) is 0.0833. The largest absolute Gasteiger partial charge is 0.508 e. The molecule has 1 N–H and O–H groups in total. The van der Waals surface area contributed by atoms with Gasteiger partial charge >= 0.3 is 0 Å². The van der Waals surface area contributed by atoms with Crippen molar-refractivity contribution in [2.24, 2.45) is 0 Å². The fourth-order valence-electron chi connectivity index (χ4n) is 3.40. The summed E-state index contributed by atoms with van der Waals surface area (Å²) in [7, 11) is 0. The minimum atomic E-state index is 0.183. The molecule has 5 rings (SSSR count). The molecule has 0 saturated heterocycles. The summed E-state index contributed by atoms with van der Waals surface area (Å²) in [5, 5.41) is 34.6. The molecule has 0 unspecified atom stereocenters. The van der Waals surface area contributed by atoms with Crippen LogP contribution in [0.1, 0.15) is 28.3 Å². The van der Waals surface area contributed by atoms with Crippen LogP contribution >= 0.6 is 0 Å². The smallest absolute Gasteiger partial charge is 0.190 e. The zero-order valence-electron chi connectivity index (χ0n) is 18.0. The van der Waals surface area contributed by atoms with E-state index < -0.39 is 0 Å². The highest BCUT2D eigenvalue weighted by molar-refractivity contribution is 5.87. The molecule has 33 heavy (non-hydrogen) atoms. The third kappa shape index (κ3) is 4.11. The Morgan fingerprint density at radius 2 is 1.12 bits per heavy atom. The number of benzene rings is 3. The summed E-state index contributed by atoms with van der Waals surface area (Å²) in [4.78, 5) is 0. The maximum absolute atomic E-state index is 9.70. The summed E-state index contributed by atoms with van der Waals surface area (Å²) in [6.07, 6.45) is 1.90. The number of phenols is 1. The molecule has 9 heteroatoms. The van der Waals surface area contributed by atoms with Crippen LogP contribution in [0.5, 0.6) is 5.75 Å². The van der Waals surface area contributed by atoms with Crippen molar-refractivity contribution in [3.8, 4) is 17.1 Å². The average Bonchev–Trinajstić information content (AvgIpc) is 3.50. The minimum Gasteiger partial charge on any atom is -0.508 e. The number of tetrazole rings is 2. The lowest BCUT2D eigenvalue weighted by molar-refractivity contribution is 0.475. The van der Waals surface area contributed by atoms with Gasteiger partial charge in [0.15, 0.2) is 11.6 Å². The van der Waals surface area contributed by atoms with E-state index in [1.54, 1.807) is 33.6 Å². The number of aromatic hydroxyl groups is 1. The Kier molecular flexibility index (Phi) is 5.19. The van der Waals surface area contributed by atoms with E-state index in [1.165, 1.54) is 0 Å². The molecule has 2 aromatic heterocycles. The van der Waals surface area contributed by atoms with Gasteiger partial charge in [0.2, 0.25) is 0 Å². The van der Waals surface area contributed by atoms with E-state index in [2.05, 4.69) is 31.1 Å². The van der Waals surface area contributed by atoms with Gasteiger partial charge in [-0.05, 0) is 82.7 Å². The molecule has 0 radical (unpaired) electrons. The fourth-order valence-corrected chi connectivity index (χ4v) is 3.40. The summed E-state index contributed by atoms with van der Waals surface area (Å²) < 4.78 is 3.31. The number of aryl methyl sites for hydroxylation is 2. The van der Waals surface area contributed by atoms with E-state index in [9.17, 15) is 5.11 Å². The molecule has 0 atom stereocenters. The summed E-state index contributed by atoms with van der Waals surface area (Å²) in [6.45, 7) is 4.05. The Labute approximate surface area is 189 Å². The highest BCUT2D eigenvalue weighted by Crippen LogP contribution is 2.26. The summed E-state index contributed by atoms with van der Waals surface area (Å²) in [5.74, 6) is 1.15. The normalized spacial score (nSPS) is 10.8. The molecule has 2 heterocycles. The molecule has 0 aliphatic carbocycles. The number of phenolic OH excluding ortho intramolecular Hbond substituents is 1. The van der Waals surface area contributed by atoms with Crippen LogP contribution in [0.3, 0.4) is 0 Å². The SMILES string of the molecule is Cc1ccc(-n2nnnc2C(=Cc2ccc(O)cc2)c2nnnn2-c2ccc(C)cc2)cc1. The van der Waals surface area contributed by atoms with Gasteiger partial charge in [-0.1, -0.05) is 47.5 Å². The standard InChI is InChI=1S/C24H20N8O/c1-16-3-9-19(10-4-16)31-23(25-27-29-31)22(15-18-7-13-21(33)14-8-18)24-26-28-30-32(24)20-11-5-17(2)6-12-20/h3-15,33H,1-2H3. The van der Waals surface area contributed by atoms with Crippen molar-refractivity contribution >= 4 is 11.6 Å². The molecule has 5 aromatic rings. The number of rotatable bonds is 5. The Morgan fingerprint density at radius 3 is 1.58 bits per heavy atom. The van der Waals surface area contributed by atoms with E-state index in [4.69, 9.17) is 0 Å². The molecule has 0 bridgehead atoms. The summed E-state index contributed by atoms with van der Waals surface area (Å²) >= 11 is 0. The van der Waals surface area contributed by atoms with Crippen molar-refractivity contribution < 1.29 is 5.11 Å². The second-order valence-corrected chi connectivity index (χ2v) is 7.65. The quantitative estimate of drug-likeness (QED) is 0.449. The van der Waals surface area contributed by atoms with Crippen LogP contribution < -0.4 is 0 Å². The number of hydrogen-bond donors (Lipinski definition) is 1. The van der Waals surface area contributed by atoms with Gasteiger partial charge in [-0.2, -0.15) is 9.36 Å². The second-order valence-electron chi connectivity index (χ2n) is 7.65. The van der Waals surface area contributed by atoms with Crippen LogP contribution in [0.4, 0.5) is 0 Å². The number of aromatic nitrogens is 8. The predicted octanol–water partition coefficient (Wildman–Crippen LogP) is 3.55. The summed E-state index contributed by atoms with van der Waals surface area (Å²) in [5.41, 5.74) is 5.35. The van der Waals surface area contributed by atoms with Crippen molar-refractivity contribution in [1.29, 1.82) is 0 Å². The van der Waals surface area contributed by atoms with Crippen molar-refractivity contribution in [1.82, 2.24) is 40.4 Å². The topological polar surface area (TPSA) is 107 Å². The molecule has 0 amide bonds. The van der Waals surface area contributed by atoms with Crippen molar-refractivity contribution in [2.75, 3.05) is 0 Å². The molecule has 162 valence electrons. The van der Waals surface area contributed by atoms with Gasteiger partial charge in [-0.15, -0.1) is 10.2 Å². The zero-order valence-corrected chi connectivity index (χ0v) is 18.0. The van der Waals surface area contributed by atoms with Gasteiger partial charge in [-0.3, -0.25) is 0 Å². The van der Waals surface area contributed by atoms with Gasteiger partial charge in [0.1, 0.15) is 5.75 Å². The predicted molar refractivity (Wildman–Crippen MR) is 123 cm³/mol. The first-order valence-electron chi connectivity index (χ1n) is 10.3. The minimum absolute atomic E-state index is 0.183. The Balaban J connectivity index is 1.70. The maximum atomic E-state index is 9.70. The van der Waals surface area contributed by atoms with E-state index in [1.807, 2.05) is 68.5 Å². The maximum Gasteiger partial charge on any atom is 0.190 e. The first-order chi connectivity index (χ1) is 16.1. The van der Waals surface area contributed by atoms with Crippen LogP contribution in [-0.2, 0) is 0 Å². The lowest BCUT2D eigenvalue weighted by Gasteiger charge is -2.10. The van der Waals surface area contributed by atoms with Gasteiger partial charge in [0.05, 0.1) is 16.9 Å². The average molecular weight is 436 g/mol. The molecule has 3 aromatic carbocycles. The Morgan fingerprint density at radius 1 is 0.667 bits per heavy atom. The van der Waals surface area contributed by atoms with Gasteiger partial charge in [-0.25, -0.2) is 0 Å². The van der Waals surface area contributed by atoms with E-state index >= 15 is 0 Å². The molecule has 0 saturated carbocycles. The second kappa shape index (κ2) is 8.46. The van der Waals surface area contributed by atoms with Gasteiger partial charge in [0.25, 0.3) is 0 Å². The monoisotopic (exact) mass is 436 g/mol.